The van der Waals surface area contributed by atoms with Crippen molar-refractivity contribution < 1.29 is 39.8 Å². The number of carbonyl (C=O) groups excluding carboxylic acids is 1. The number of amides is 1. The van der Waals surface area contributed by atoms with Gasteiger partial charge >= 0.3 is 12.3 Å². The van der Waals surface area contributed by atoms with E-state index in [0.29, 0.717) is 12.1 Å². The van der Waals surface area contributed by atoms with E-state index < -0.39 is 6.36 Å². The van der Waals surface area contributed by atoms with Crippen LogP contribution in [-0.2, 0) is 6.54 Å². The predicted octanol–water partition coefficient (Wildman–Crippen LogP) is 1.29. The van der Waals surface area contributed by atoms with Crippen molar-refractivity contribution >= 4 is 24.0 Å². The van der Waals surface area contributed by atoms with Crippen molar-refractivity contribution in [3.63, 3.8) is 0 Å². The summed E-state index contributed by atoms with van der Waals surface area (Å²) >= 11 is 0. The Morgan fingerprint density at radius 2 is 1.53 bits per heavy atom. The lowest BCUT2D eigenvalue weighted by Crippen LogP contribution is -3.00. The highest BCUT2D eigenvalue weighted by atomic mass is 35.5. The number of hydrogen-bond acceptors (Lipinski definition) is 3. The van der Waals surface area contributed by atoms with Gasteiger partial charge < -0.3 is 22.5 Å². The maximum atomic E-state index is 12.2. The van der Waals surface area contributed by atoms with Gasteiger partial charge in [0.2, 0.25) is 0 Å². The molecule has 160 valence electrons. The Hall–Kier alpha value is -2.97. The molecular weight excluding hydrogens is 442 g/mol. The van der Waals surface area contributed by atoms with Crippen molar-refractivity contribution in [2.24, 2.45) is 0 Å². The summed E-state index contributed by atoms with van der Waals surface area (Å²) in [7, 11) is 0. The molecule has 1 amide bonds. The van der Waals surface area contributed by atoms with Gasteiger partial charge in [-0.2, -0.15) is 0 Å². The zero-order chi connectivity index (χ0) is 20.0. The van der Waals surface area contributed by atoms with Crippen molar-refractivity contribution in [1.82, 2.24) is 0 Å². The zero-order valence-corrected chi connectivity index (χ0v) is 17.0. The molecule has 0 aliphatic carbocycles. The number of alkyl halides is 3. The van der Waals surface area contributed by atoms with Gasteiger partial charge in [0, 0.05) is 29.9 Å². The first-order valence-corrected chi connectivity index (χ1v) is 8.35. The second-order valence-corrected chi connectivity index (χ2v) is 5.85. The Morgan fingerprint density at radius 1 is 0.933 bits per heavy atom. The van der Waals surface area contributed by atoms with Crippen LogP contribution in [0.4, 0.5) is 18.9 Å². The Morgan fingerprint density at radius 3 is 2.10 bits per heavy atom. The van der Waals surface area contributed by atoms with Gasteiger partial charge in [0.25, 0.3) is 0 Å². The standard InChI is InChI=1S/C20H16F3N3O2.2ClH/c21-20(22,23)28-18-10-4-15(5-11-18)14-24-17-8-6-16(7-9-17)19(27)25-26-12-2-1-3-13-26;;/h1-13H,14H2,(H-,24,25,27);2*1H. The SMILES string of the molecule is Cl.O=C(N[n+]1ccccc1)c1ccc(NCc2ccc(OC(F)(F)F)cc2)cc1.[Cl-]. The molecule has 0 bridgehead atoms. The molecular formula is C20H18Cl2F3N3O2. The van der Waals surface area contributed by atoms with E-state index in [1.54, 1.807) is 65.6 Å². The Labute approximate surface area is 183 Å². The van der Waals surface area contributed by atoms with Crippen molar-refractivity contribution in [1.29, 1.82) is 0 Å². The molecule has 5 nitrogen and oxygen atoms in total. The molecule has 0 unspecified atom stereocenters. The highest BCUT2D eigenvalue weighted by Crippen LogP contribution is 2.23. The molecule has 0 saturated heterocycles. The highest BCUT2D eigenvalue weighted by Gasteiger charge is 2.30. The van der Waals surface area contributed by atoms with Crippen LogP contribution in [0.15, 0.2) is 79.1 Å². The quantitative estimate of drug-likeness (QED) is 0.546. The Bertz CT molecular complexity index is 923. The molecule has 2 N–H and O–H groups in total. The van der Waals surface area contributed by atoms with Crippen LogP contribution in [0.5, 0.6) is 5.75 Å². The van der Waals surface area contributed by atoms with Crippen LogP contribution in [0, 0.1) is 0 Å². The van der Waals surface area contributed by atoms with Crippen LogP contribution >= 0.6 is 12.4 Å². The van der Waals surface area contributed by atoms with Crippen molar-refractivity contribution in [2.75, 3.05) is 10.7 Å². The number of anilines is 1. The fourth-order valence-corrected chi connectivity index (χ4v) is 2.41. The maximum Gasteiger partial charge on any atom is 0.573 e. The Balaban J connectivity index is 0.00000225. The van der Waals surface area contributed by atoms with Crippen LogP contribution < -0.4 is 32.6 Å². The van der Waals surface area contributed by atoms with Crippen molar-refractivity contribution in [3.05, 3.63) is 90.3 Å². The first-order valence-electron chi connectivity index (χ1n) is 8.35. The maximum absolute atomic E-state index is 12.2. The summed E-state index contributed by atoms with van der Waals surface area (Å²) in [5.41, 5.74) is 4.78. The van der Waals surface area contributed by atoms with Crippen molar-refractivity contribution in [2.45, 2.75) is 12.9 Å². The minimum atomic E-state index is -4.70. The third-order valence-electron chi connectivity index (χ3n) is 3.75. The van der Waals surface area contributed by atoms with Crippen LogP contribution in [0.1, 0.15) is 15.9 Å². The van der Waals surface area contributed by atoms with Crippen LogP contribution in [0.3, 0.4) is 0 Å². The van der Waals surface area contributed by atoms with Crippen LogP contribution in [0.25, 0.3) is 0 Å². The Kier molecular flexibility index (Phi) is 9.42. The molecule has 0 radical (unpaired) electrons. The topological polar surface area (TPSA) is 54.2 Å². The number of hydrogen-bond donors (Lipinski definition) is 2. The average molecular weight is 460 g/mol. The van der Waals surface area contributed by atoms with Gasteiger partial charge in [-0.1, -0.05) is 22.9 Å². The number of rotatable bonds is 6. The average Bonchev–Trinajstić information content (AvgIpc) is 2.67. The van der Waals surface area contributed by atoms with Gasteiger partial charge in [0.15, 0.2) is 12.4 Å². The van der Waals surface area contributed by atoms with E-state index in [2.05, 4.69) is 15.5 Å². The molecule has 3 rings (SSSR count). The smallest absolute Gasteiger partial charge is 0.573 e. The van der Waals surface area contributed by atoms with E-state index in [4.69, 9.17) is 0 Å². The van der Waals surface area contributed by atoms with Gasteiger partial charge in [-0.05, 0) is 42.0 Å². The highest BCUT2D eigenvalue weighted by molar-refractivity contribution is 5.99. The molecule has 3 aromatic rings. The minimum absolute atomic E-state index is 0. The zero-order valence-electron chi connectivity index (χ0n) is 15.4. The van der Waals surface area contributed by atoms with Crippen LogP contribution in [0.2, 0.25) is 0 Å². The van der Waals surface area contributed by atoms with E-state index in [-0.39, 0.29) is 36.5 Å². The number of halogens is 5. The first kappa shape index (κ1) is 25.1. The third-order valence-corrected chi connectivity index (χ3v) is 3.75. The van der Waals surface area contributed by atoms with Gasteiger partial charge in [-0.15, -0.1) is 31.0 Å². The molecule has 0 fully saturated rings. The summed E-state index contributed by atoms with van der Waals surface area (Å²) in [4.78, 5) is 12.2. The summed E-state index contributed by atoms with van der Waals surface area (Å²) in [6.07, 6.45) is -1.26. The number of pyridine rings is 1. The van der Waals surface area contributed by atoms with Gasteiger partial charge in [-0.3, -0.25) is 4.79 Å². The lowest BCUT2D eigenvalue weighted by Gasteiger charge is -2.10. The largest absolute Gasteiger partial charge is 1.00 e. The molecule has 2 aromatic carbocycles. The third kappa shape index (κ3) is 7.81. The number of nitrogens with one attached hydrogen (secondary N) is 2. The fourth-order valence-electron chi connectivity index (χ4n) is 2.41. The van der Waals surface area contributed by atoms with E-state index in [9.17, 15) is 18.0 Å². The second-order valence-electron chi connectivity index (χ2n) is 5.85. The predicted molar refractivity (Wildman–Crippen MR) is 104 cm³/mol. The van der Waals surface area contributed by atoms with Gasteiger partial charge in [-0.25, -0.2) is 0 Å². The fraction of sp³-hybridized carbons (Fsp3) is 0.100. The van der Waals surface area contributed by atoms with E-state index in [1.807, 2.05) is 6.07 Å². The van der Waals surface area contributed by atoms with Crippen LogP contribution in [-0.4, -0.2) is 12.3 Å². The lowest BCUT2D eigenvalue weighted by atomic mass is 10.2. The number of nitrogens with zero attached hydrogens (tertiary/aromatic N) is 1. The van der Waals surface area contributed by atoms with Crippen molar-refractivity contribution in [3.8, 4) is 5.75 Å². The minimum Gasteiger partial charge on any atom is -1.00 e. The number of aromatic nitrogens is 1. The van der Waals surface area contributed by atoms with E-state index in [1.165, 1.54) is 12.1 Å². The van der Waals surface area contributed by atoms with Gasteiger partial charge in [0.1, 0.15) is 5.75 Å². The number of benzene rings is 2. The molecule has 0 spiro atoms. The summed E-state index contributed by atoms with van der Waals surface area (Å²) in [6, 6.07) is 17.9. The number of carbonyl (C=O) groups is 1. The summed E-state index contributed by atoms with van der Waals surface area (Å²) in [5, 5.41) is 3.14. The van der Waals surface area contributed by atoms with E-state index >= 15 is 0 Å². The second kappa shape index (κ2) is 11.3. The monoisotopic (exact) mass is 459 g/mol. The lowest BCUT2D eigenvalue weighted by molar-refractivity contribution is -0.641. The molecule has 30 heavy (non-hydrogen) atoms. The van der Waals surface area contributed by atoms with Gasteiger partial charge in [0.05, 0.1) is 0 Å². The molecule has 1 heterocycles. The summed E-state index contributed by atoms with van der Waals surface area (Å²) in [5.74, 6) is -0.508. The molecule has 0 aliphatic rings. The van der Waals surface area contributed by atoms with E-state index in [0.717, 1.165) is 11.3 Å². The molecule has 0 saturated carbocycles. The molecule has 0 atom stereocenters. The molecule has 0 aliphatic heterocycles. The number of ether oxygens (including phenoxy) is 1. The summed E-state index contributed by atoms with van der Waals surface area (Å²) < 4.78 is 41.9. The first-order chi connectivity index (χ1) is 13.4. The molecule has 1 aromatic heterocycles. The summed E-state index contributed by atoms with van der Waals surface area (Å²) in [6.45, 7) is 0.414. The normalized spacial score (nSPS) is 10.2. The molecule has 10 heteroatoms.